The van der Waals surface area contributed by atoms with Crippen LogP contribution < -0.4 is 0 Å². The zero-order valence-electron chi connectivity index (χ0n) is 6.71. The highest BCUT2D eigenvalue weighted by Crippen LogP contribution is 2.33. The van der Waals surface area contributed by atoms with Crippen LogP contribution >= 0.6 is 0 Å². The van der Waals surface area contributed by atoms with Crippen molar-refractivity contribution in [2.75, 3.05) is 6.61 Å². The summed E-state index contributed by atoms with van der Waals surface area (Å²) in [6, 6.07) is 0. The summed E-state index contributed by atoms with van der Waals surface area (Å²) in [4.78, 5) is 11.0. The van der Waals surface area contributed by atoms with E-state index in [2.05, 4.69) is 0 Å². The average Bonchev–Trinajstić information content (AvgIpc) is 2.80. The molecular weight excluding hydrogens is 140 g/mol. The molecule has 11 heavy (non-hydrogen) atoms. The van der Waals surface area contributed by atoms with Gasteiger partial charge >= 0.3 is 5.97 Å². The molecule has 2 nitrogen and oxygen atoms in total. The highest BCUT2D eigenvalue weighted by molar-refractivity contribution is 5.70. The summed E-state index contributed by atoms with van der Waals surface area (Å²) in [5.41, 5.74) is 0. The molecule has 2 rings (SSSR count). The molecule has 0 aliphatic heterocycles. The van der Waals surface area contributed by atoms with E-state index < -0.39 is 0 Å². The van der Waals surface area contributed by atoms with Gasteiger partial charge in [-0.2, -0.15) is 0 Å². The molecule has 0 atom stereocenters. The Labute approximate surface area is 66.9 Å². The van der Waals surface area contributed by atoms with Crippen molar-refractivity contribution in [3.8, 4) is 0 Å². The van der Waals surface area contributed by atoms with Crippen LogP contribution in [-0.2, 0) is 9.53 Å². The molecule has 0 radical (unpaired) electrons. The van der Waals surface area contributed by atoms with Crippen molar-refractivity contribution in [2.45, 2.75) is 32.1 Å². The quantitative estimate of drug-likeness (QED) is 0.576. The highest BCUT2D eigenvalue weighted by Gasteiger charge is 2.27. The van der Waals surface area contributed by atoms with Crippen LogP contribution in [0.5, 0.6) is 0 Å². The molecule has 0 saturated heterocycles. The van der Waals surface area contributed by atoms with Gasteiger partial charge in [0.2, 0.25) is 0 Å². The van der Waals surface area contributed by atoms with Gasteiger partial charge in [-0.1, -0.05) is 0 Å². The predicted molar refractivity (Wildman–Crippen MR) is 41.0 cm³/mol. The van der Waals surface area contributed by atoms with E-state index in [-0.39, 0.29) is 5.97 Å². The molecule has 0 aromatic heterocycles. The fraction of sp³-hybridized carbons (Fsp3) is 0.889. The summed E-state index contributed by atoms with van der Waals surface area (Å²) >= 11 is 0. The van der Waals surface area contributed by atoms with E-state index in [0.29, 0.717) is 24.9 Å². The zero-order valence-corrected chi connectivity index (χ0v) is 6.71. The van der Waals surface area contributed by atoms with Gasteiger partial charge in [0.1, 0.15) is 0 Å². The SMILES string of the molecule is O=C(CC1CC1)OCC1CC1. The van der Waals surface area contributed by atoms with E-state index >= 15 is 0 Å². The maximum Gasteiger partial charge on any atom is 0.306 e. The predicted octanol–water partition coefficient (Wildman–Crippen LogP) is 1.74. The largest absolute Gasteiger partial charge is 0.465 e. The van der Waals surface area contributed by atoms with Crippen molar-refractivity contribution in [3.05, 3.63) is 0 Å². The number of ether oxygens (including phenoxy) is 1. The van der Waals surface area contributed by atoms with Crippen molar-refractivity contribution in [1.82, 2.24) is 0 Å². The topological polar surface area (TPSA) is 26.3 Å². The number of carbonyl (C=O) groups is 1. The van der Waals surface area contributed by atoms with Gasteiger partial charge in [0, 0.05) is 6.42 Å². The van der Waals surface area contributed by atoms with Crippen molar-refractivity contribution in [2.24, 2.45) is 11.8 Å². The van der Waals surface area contributed by atoms with Gasteiger partial charge in [-0.25, -0.2) is 0 Å². The smallest absolute Gasteiger partial charge is 0.306 e. The minimum Gasteiger partial charge on any atom is -0.465 e. The maximum absolute atomic E-state index is 11.0. The molecule has 0 spiro atoms. The Kier molecular flexibility index (Phi) is 1.84. The number of hydrogen-bond acceptors (Lipinski definition) is 2. The fourth-order valence-electron chi connectivity index (χ4n) is 1.11. The minimum absolute atomic E-state index is 0.0272. The fourth-order valence-corrected chi connectivity index (χ4v) is 1.11. The third-order valence-corrected chi connectivity index (χ3v) is 2.33. The van der Waals surface area contributed by atoms with E-state index in [1.807, 2.05) is 0 Å². The van der Waals surface area contributed by atoms with E-state index in [0.717, 1.165) is 0 Å². The monoisotopic (exact) mass is 154 g/mol. The van der Waals surface area contributed by atoms with Gasteiger partial charge in [-0.05, 0) is 37.5 Å². The summed E-state index contributed by atoms with van der Waals surface area (Å²) in [6.45, 7) is 0.686. The third-order valence-electron chi connectivity index (χ3n) is 2.33. The van der Waals surface area contributed by atoms with Gasteiger partial charge in [-0.15, -0.1) is 0 Å². The lowest BCUT2D eigenvalue weighted by Crippen LogP contribution is -2.07. The molecule has 2 aliphatic carbocycles. The standard InChI is InChI=1S/C9H14O2/c10-9(5-7-1-2-7)11-6-8-3-4-8/h7-8H,1-6H2. The number of hydrogen-bond donors (Lipinski definition) is 0. The van der Waals surface area contributed by atoms with Crippen LogP contribution in [-0.4, -0.2) is 12.6 Å². The Morgan fingerprint density at radius 3 is 2.36 bits per heavy atom. The van der Waals surface area contributed by atoms with Crippen LogP contribution in [0.1, 0.15) is 32.1 Å². The molecule has 0 aromatic carbocycles. The maximum atomic E-state index is 11.0. The Bertz CT molecular complexity index is 157. The Morgan fingerprint density at radius 2 is 1.82 bits per heavy atom. The molecule has 2 fully saturated rings. The molecule has 2 heteroatoms. The van der Waals surface area contributed by atoms with Crippen molar-refractivity contribution >= 4 is 5.97 Å². The van der Waals surface area contributed by atoms with Crippen LogP contribution in [0.25, 0.3) is 0 Å². The molecule has 0 bridgehead atoms. The van der Waals surface area contributed by atoms with E-state index in [4.69, 9.17) is 4.74 Å². The van der Waals surface area contributed by atoms with Crippen LogP contribution in [0.15, 0.2) is 0 Å². The first kappa shape index (κ1) is 7.14. The van der Waals surface area contributed by atoms with Gasteiger partial charge in [0.05, 0.1) is 6.61 Å². The van der Waals surface area contributed by atoms with Crippen LogP contribution in [0, 0.1) is 11.8 Å². The lowest BCUT2D eigenvalue weighted by molar-refractivity contribution is -0.144. The van der Waals surface area contributed by atoms with E-state index in [1.165, 1.54) is 25.7 Å². The molecule has 0 unspecified atom stereocenters. The molecule has 2 aliphatic rings. The number of rotatable bonds is 4. The van der Waals surface area contributed by atoms with Gasteiger partial charge in [-0.3, -0.25) is 4.79 Å². The van der Waals surface area contributed by atoms with Crippen molar-refractivity contribution in [1.29, 1.82) is 0 Å². The molecule has 0 N–H and O–H groups in total. The second-order valence-electron chi connectivity index (χ2n) is 3.77. The van der Waals surface area contributed by atoms with Crippen LogP contribution in [0.2, 0.25) is 0 Å². The van der Waals surface area contributed by atoms with Crippen LogP contribution in [0.3, 0.4) is 0 Å². The highest BCUT2D eigenvalue weighted by atomic mass is 16.5. The van der Waals surface area contributed by atoms with E-state index in [1.54, 1.807) is 0 Å². The molecule has 2 saturated carbocycles. The first-order valence-electron chi connectivity index (χ1n) is 4.50. The lowest BCUT2D eigenvalue weighted by Gasteiger charge is -2.01. The molecule has 0 aromatic rings. The average molecular weight is 154 g/mol. The molecule has 0 heterocycles. The summed E-state index contributed by atoms with van der Waals surface area (Å²) in [7, 11) is 0. The second kappa shape index (κ2) is 2.84. The summed E-state index contributed by atoms with van der Waals surface area (Å²) < 4.78 is 5.08. The summed E-state index contributed by atoms with van der Waals surface area (Å²) in [6.07, 6.45) is 5.66. The van der Waals surface area contributed by atoms with Crippen molar-refractivity contribution in [3.63, 3.8) is 0 Å². The van der Waals surface area contributed by atoms with Crippen LogP contribution in [0.4, 0.5) is 0 Å². The Morgan fingerprint density at radius 1 is 1.18 bits per heavy atom. The first-order chi connectivity index (χ1) is 5.34. The normalized spacial score (nSPS) is 23.3. The lowest BCUT2D eigenvalue weighted by atomic mass is 10.3. The molecule has 62 valence electrons. The molecule has 0 amide bonds. The number of esters is 1. The van der Waals surface area contributed by atoms with E-state index in [9.17, 15) is 4.79 Å². The summed E-state index contributed by atoms with van der Waals surface area (Å²) in [5, 5.41) is 0. The van der Waals surface area contributed by atoms with Gasteiger partial charge < -0.3 is 4.74 Å². The summed E-state index contributed by atoms with van der Waals surface area (Å²) in [5.74, 6) is 1.40. The zero-order chi connectivity index (χ0) is 7.68. The number of carbonyl (C=O) groups excluding carboxylic acids is 1. The second-order valence-corrected chi connectivity index (χ2v) is 3.77. The van der Waals surface area contributed by atoms with Crippen molar-refractivity contribution < 1.29 is 9.53 Å². The Balaban J connectivity index is 1.56. The Hall–Kier alpha value is -0.530. The molecular formula is C9H14O2. The third kappa shape index (κ3) is 2.52. The van der Waals surface area contributed by atoms with Gasteiger partial charge in [0.15, 0.2) is 0 Å². The minimum atomic E-state index is 0.0272. The van der Waals surface area contributed by atoms with Gasteiger partial charge in [0.25, 0.3) is 0 Å². The first-order valence-corrected chi connectivity index (χ1v) is 4.50.